The van der Waals surface area contributed by atoms with Gasteiger partial charge in [-0.2, -0.15) is 4.98 Å². The van der Waals surface area contributed by atoms with Gasteiger partial charge in [-0.1, -0.05) is 11.6 Å². The van der Waals surface area contributed by atoms with Gasteiger partial charge in [0.05, 0.1) is 0 Å². The van der Waals surface area contributed by atoms with Crippen LogP contribution in [0.15, 0.2) is 4.52 Å². The Morgan fingerprint density at radius 1 is 1.16 bits per heavy atom. The smallest absolute Gasteiger partial charge is 0.229 e. The topological polar surface area (TPSA) is 59.2 Å². The monoisotopic (exact) mass is 261 g/mol. The fourth-order valence-corrected chi connectivity index (χ4v) is 2.99. The zero-order chi connectivity index (χ0) is 12.8. The number of carbonyl (C=O) groups excluding carboxylic acids is 1. The van der Waals surface area contributed by atoms with E-state index in [2.05, 4.69) is 10.1 Å². The summed E-state index contributed by atoms with van der Waals surface area (Å²) in [4.78, 5) is 18.7. The first kappa shape index (κ1) is 11.4. The Bertz CT molecular complexity index is 491. The molecule has 3 aliphatic rings. The third-order valence-electron chi connectivity index (χ3n) is 4.70. The largest absolute Gasteiger partial charge is 0.342 e. The number of hydrogen-bond acceptors (Lipinski definition) is 4. The number of aromatic nitrogens is 2. The molecule has 19 heavy (non-hydrogen) atoms. The van der Waals surface area contributed by atoms with Crippen LogP contribution in [0.5, 0.6) is 0 Å². The molecule has 1 aromatic heterocycles. The third kappa shape index (κ3) is 2.05. The molecule has 102 valence electrons. The summed E-state index contributed by atoms with van der Waals surface area (Å²) in [5.41, 5.74) is 0. The minimum Gasteiger partial charge on any atom is -0.342 e. The maximum absolute atomic E-state index is 12.2. The van der Waals surface area contributed by atoms with E-state index < -0.39 is 0 Å². The number of rotatable bonds is 3. The highest BCUT2D eigenvalue weighted by Gasteiger charge is 2.36. The first-order chi connectivity index (χ1) is 9.31. The standard InChI is InChI=1S/C14H19N3O2/c18-14(10-2-1-3-10)17-7-6-11(8-17)12-15-13(19-16-12)9-4-5-9/h9-11H,1-8H2. The van der Waals surface area contributed by atoms with Gasteiger partial charge in [0.15, 0.2) is 5.82 Å². The van der Waals surface area contributed by atoms with Gasteiger partial charge in [-0.05, 0) is 32.1 Å². The summed E-state index contributed by atoms with van der Waals surface area (Å²) in [5, 5.41) is 4.11. The lowest BCUT2D eigenvalue weighted by molar-refractivity contribution is -0.137. The summed E-state index contributed by atoms with van der Waals surface area (Å²) in [7, 11) is 0. The summed E-state index contributed by atoms with van der Waals surface area (Å²) in [5.74, 6) is 3.05. The van der Waals surface area contributed by atoms with Gasteiger partial charge in [-0.25, -0.2) is 0 Å². The Hall–Kier alpha value is -1.39. The van der Waals surface area contributed by atoms with Crippen LogP contribution in [-0.4, -0.2) is 34.0 Å². The third-order valence-corrected chi connectivity index (χ3v) is 4.70. The zero-order valence-electron chi connectivity index (χ0n) is 11.0. The highest BCUT2D eigenvalue weighted by atomic mass is 16.5. The van der Waals surface area contributed by atoms with Crippen LogP contribution in [0.2, 0.25) is 0 Å². The van der Waals surface area contributed by atoms with Gasteiger partial charge in [-0.15, -0.1) is 0 Å². The normalized spacial score (nSPS) is 27.6. The van der Waals surface area contributed by atoms with Crippen LogP contribution in [-0.2, 0) is 4.79 Å². The zero-order valence-corrected chi connectivity index (χ0v) is 11.0. The first-order valence-corrected chi connectivity index (χ1v) is 7.43. The van der Waals surface area contributed by atoms with E-state index in [0.717, 1.165) is 44.1 Å². The van der Waals surface area contributed by atoms with E-state index in [4.69, 9.17) is 4.52 Å². The average Bonchev–Trinajstić information content (AvgIpc) is 2.91. The van der Waals surface area contributed by atoms with Crippen LogP contribution in [0.1, 0.15) is 62.1 Å². The molecule has 4 rings (SSSR count). The molecule has 2 saturated carbocycles. The molecule has 0 spiro atoms. The van der Waals surface area contributed by atoms with Crippen molar-refractivity contribution >= 4 is 5.91 Å². The molecular formula is C14H19N3O2. The molecule has 5 nitrogen and oxygen atoms in total. The minimum atomic E-state index is 0.278. The Morgan fingerprint density at radius 3 is 2.68 bits per heavy atom. The summed E-state index contributed by atoms with van der Waals surface area (Å²) in [6.45, 7) is 1.63. The fraction of sp³-hybridized carbons (Fsp3) is 0.786. The Morgan fingerprint density at radius 2 is 2.00 bits per heavy atom. The molecule has 1 saturated heterocycles. The van der Waals surface area contributed by atoms with Crippen molar-refractivity contribution in [1.29, 1.82) is 0 Å². The van der Waals surface area contributed by atoms with E-state index in [1.54, 1.807) is 0 Å². The van der Waals surface area contributed by atoms with Gasteiger partial charge in [0, 0.05) is 30.8 Å². The van der Waals surface area contributed by atoms with E-state index in [-0.39, 0.29) is 5.92 Å². The lowest BCUT2D eigenvalue weighted by Crippen LogP contribution is -2.37. The molecule has 1 amide bonds. The van der Waals surface area contributed by atoms with Crippen molar-refractivity contribution in [3.63, 3.8) is 0 Å². The highest BCUT2D eigenvalue weighted by Crippen LogP contribution is 2.40. The second-order valence-electron chi connectivity index (χ2n) is 6.16. The molecule has 1 aromatic rings. The van der Waals surface area contributed by atoms with Gasteiger partial charge in [0.25, 0.3) is 0 Å². The molecule has 2 aliphatic carbocycles. The molecule has 5 heteroatoms. The molecule has 1 unspecified atom stereocenters. The maximum atomic E-state index is 12.2. The van der Waals surface area contributed by atoms with E-state index >= 15 is 0 Å². The SMILES string of the molecule is O=C(C1CCC1)N1CCC(c2noc(C3CC3)n2)C1. The first-order valence-electron chi connectivity index (χ1n) is 7.43. The fourth-order valence-electron chi connectivity index (χ4n) is 2.99. The van der Waals surface area contributed by atoms with Crippen molar-refractivity contribution in [2.45, 2.75) is 50.4 Å². The second kappa shape index (κ2) is 4.32. The summed E-state index contributed by atoms with van der Waals surface area (Å²) in [6, 6.07) is 0. The van der Waals surface area contributed by atoms with Crippen LogP contribution in [0.4, 0.5) is 0 Å². The summed E-state index contributed by atoms with van der Waals surface area (Å²) in [6.07, 6.45) is 6.70. The highest BCUT2D eigenvalue weighted by molar-refractivity contribution is 5.79. The van der Waals surface area contributed by atoms with Gasteiger partial charge in [0.1, 0.15) is 0 Å². The van der Waals surface area contributed by atoms with Crippen molar-refractivity contribution in [3.8, 4) is 0 Å². The van der Waals surface area contributed by atoms with Crippen molar-refractivity contribution in [3.05, 3.63) is 11.7 Å². The van der Waals surface area contributed by atoms with E-state index in [1.165, 1.54) is 19.3 Å². The predicted molar refractivity (Wildman–Crippen MR) is 67.6 cm³/mol. The molecule has 2 heterocycles. The van der Waals surface area contributed by atoms with E-state index in [0.29, 0.717) is 17.7 Å². The van der Waals surface area contributed by atoms with Crippen LogP contribution < -0.4 is 0 Å². The number of nitrogens with zero attached hydrogens (tertiary/aromatic N) is 3. The second-order valence-corrected chi connectivity index (χ2v) is 6.16. The molecule has 0 bridgehead atoms. The number of carbonyl (C=O) groups is 1. The maximum Gasteiger partial charge on any atom is 0.229 e. The van der Waals surface area contributed by atoms with Crippen LogP contribution >= 0.6 is 0 Å². The van der Waals surface area contributed by atoms with E-state index in [1.807, 2.05) is 4.90 Å². The summed E-state index contributed by atoms with van der Waals surface area (Å²) >= 11 is 0. The molecule has 1 atom stereocenters. The Kier molecular flexibility index (Phi) is 2.60. The van der Waals surface area contributed by atoms with Gasteiger partial charge < -0.3 is 9.42 Å². The van der Waals surface area contributed by atoms with Crippen LogP contribution in [0, 0.1) is 5.92 Å². The molecule has 0 radical (unpaired) electrons. The number of amides is 1. The van der Waals surface area contributed by atoms with Gasteiger partial charge in [-0.3, -0.25) is 4.79 Å². The number of likely N-dealkylation sites (tertiary alicyclic amines) is 1. The molecular weight excluding hydrogens is 242 g/mol. The number of hydrogen-bond donors (Lipinski definition) is 0. The van der Waals surface area contributed by atoms with Crippen LogP contribution in [0.3, 0.4) is 0 Å². The van der Waals surface area contributed by atoms with E-state index in [9.17, 15) is 4.79 Å². The average molecular weight is 261 g/mol. The van der Waals surface area contributed by atoms with Crippen LogP contribution in [0.25, 0.3) is 0 Å². The quantitative estimate of drug-likeness (QED) is 0.835. The molecule has 1 aliphatic heterocycles. The van der Waals surface area contributed by atoms with Crippen molar-refractivity contribution in [1.82, 2.24) is 15.0 Å². The Labute approximate surface area is 112 Å². The lowest BCUT2D eigenvalue weighted by atomic mass is 9.84. The molecule has 0 aromatic carbocycles. The van der Waals surface area contributed by atoms with Crippen molar-refractivity contribution in [2.24, 2.45) is 5.92 Å². The lowest BCUT2D eigenvalue weighted by Gasteiger charge is -2.29. The van der Waals surface area contributed by atoms with Crippen molar-refractivity contribution < 1.29 is 9.32 Å². The Balaban J connectivity index is 1.41. The summed E-state index contributed by atoms with van der Waals surface area (Å²) < 4.78 is 5.31. The minimum absolute atomic E-state index is 0.278. The van der Waals surface area contributed by atoms with Gasteiger partial charge in [0.2, 0.25) is 11.8 Å². The predicted octanol–water partition coefficient (Wildman–Crippen LogP) is 2.06. The molecule has 3 fully saturated rings. The van der Waals surface area contributed by atoms with Gasteiger partial charge >= 0.3 is 0 Å². The van der Waals surface area contributed by atoms with Crippen molar-refractivity contribution in [2.75, 3.05) is 13.1 Å². The molecule has 0 N–H and O–H groups in total.